The molecule has 0 heterocycles. The Labute approximate surface area is 124 Å². The van der Waals surface area contributed by atoms with Crippen molar-refractivity contribution in [3.05, 3.63) is 35.4 Å². The highest BCUT2D eigenvalue weighted by Gasteiger charge is 2.39. The Hall–Kier alpha value is -0.820. The molecule has 0 aromatic heterocycles. The second-order valence-corrected chi connectivity index (χ2v) is 7.06. The molecule has 20 heavy (non-hydrogen) atoms. The summed E-state index contributed by atoms with van der Waals surface area (Å²) in [5, 5.41) is 3.78. The summed E-state index contributed by atoms with van der Waals surface area (Å²) in [7, 11) is 0. The molecule has 0 radical (unpaired) electrons. The van der Waals surface area contributed by atoms with E-state index >= 15 is 0 Å². The summed E-state index contributed by atoms with van der Waals surface area (Å²) >= 11 is 0. The van der Waals surface area contributed by atoms with Gasteiger partial charge in [0.2, 0.25) is 0 Å². The molecular formula is C19H29N. The highest BCUT2D eigenvalue weighted by Crippen LogP contribution is 2.48. The first-order valence-corrected chi connectivity index (χ1v) is 8.58. The molecule has 2 saturated carbocycles. The molecule has 4 atom stereocenters. The molecule has 1 aromatic rings. The minimum atomic E-state index is 0.491. The SMILES string of the molecule is CCCc1ccc(C(C)NCC2CC3CCC2C3)cc1. The second-order valence-electron chi connectivity index (χ2n) is 7.06. The van der Waals surface area contributed by atoms with E-state index in [0.717, 1.165) is 17.8 Å². The van der Waals surface area contributed by atoms with Crippen molar-refractivity contribution in [1.82, 2.24) is 5.32 Å². The fourth-order valence-electron chi connectivity index (χ4n) is 4.33. The van der Waals surface area contributed by atoms with Gasteiger partial charge in [0, 0.05) is 6.04 Å². The molecule has 1 aromatic carbocycles. The van der Waals surface area contributed by atoms with Crippen LogP contribution in [0.15, 0.2) is 24.3 Å². The molecule has 0 aliphatic heterocycles. The van der Waals surface area contributed by atoms with Crippen molar-refractivity contribution >= 4 is 0 Å². The van der Waals surface area contributed by atoms with Crippen LogP contribution in [0.5, 0.6) is 0 Å². The minimum Gasteiger partial charge on any atom is -0.310 e. The van der Waals surface area contributed by atoms with Gasteiger partial charge in [-0.2, -0.15) is 0 Å². The molecule has 1 heteroatoms. The second kappa shape index (κ2) is 6.30. The molecule has 2 aliphatic carbocycles. The molecule has 1 N–H and O–H groups in total. The first-order valence-electron chi connectivity index (χ1n) is 8.58. The van der Waals surface area contributed by atoms with Gasteiger partial charge in [-0.15, -0.1) is 0 Å². The van der Waals surface area contributed by atoms with E-state index in [9.17, 15) is 0 Å². The third-order valence-electron chi connectivity index (χ3n) is 5.59. The van der Waals surface area contributed by atoms with Gasteiger partial charge in [-0.1, -0.05) is 44.0 Å². The number of hydrogen-bond donors (Lipinski definition) is 1. The maximum absolute atomic E-state index is 3.78. The Bertz CT molecular complexity index is 422. The van der Waals surface area contributed by atoms with Crippen LogP contribution in [0.2, 0.25) is 0 Å². The average Bonchev–Trinajstić information content (AvgIpc) is 3.08. The zero-order valence-corrected chi connectivity index (χ0v) is 13.1. The number of benzene rings is 1. The fourth-order valence-corrected chi connectivity index (χ4v) is 4.33. The van der Waals surface area contributed by atoms with Gasteiger partial charge in [-0.05, 0) is 68.0 Å². The molecule has 3 rings (SSSR count). The van der Waals surface area contributed by atoms with Crippen molar-refractivity contribution in [2.75, 3.05) is 6.54 Å². The number of hydrogen-bond acceptors (Lipinski definition) is 1. The third kappa shape index (κ3) is 3.09. The van der Waals surface area contributed by atoms with E-state index in [-0.39, 0.29) is 0 Å². The van der Waals surface area contributed by atoms with Gasteiger partial charge in [0.15, 0.2) is 0 Å². The summed E-state index contributed by atoms with van der Waals surface area (Å²) in [5.41, 5.74) is 2.91. The topological polar surface area (TPSA) is 12.0 Å². The van der Waals surface area contributed by atoms with Crippen LogP contribution in [0, 0.1) is 17.8 Å². The van der Waals surface area contributed by atoms with Gasteiger partial charge in [-0.25, -0.2) is 0 Å². The van der Waals surface area contributed by atoms with Crippen LogP contribution in [0.1, 0.15) is 63.1 Å². The first-order chi connectivity index (χ1) is 9.76. The average molecular weight is 271 g/mol. The highest BCUT2D eigenvalue weighted by molar-refractivity contribution is 5.24. The van der Waals surface area contributed by atoms with E-state index in [2.05, 4.69) is 43.4 Å². The Kier molecular flexibility index (Phi) is 4.45. The molecule has 1 nitrogen and oxygen atoms in total. The summed E-state index contributed by atoms with van der Waals surface area (Å²) < 4.78 is 0. The Morgan fingerprint density at radius 1 is 1.15 bits per heavy atom. The van der Waals surface area contributed by atoms with Gasteiger partial charge < -0.3 is 5.32 Å². The van der Waals surface area contributed by atoms with Gasteiger partial charge >= 0.3 is 0 Å². The van der Waals surface area contributed by atoms with Crippen LogP contribution >= 0.6 is 0 Å². The lowest BCUT2D eigenvalue weighted by Crippen LogP contribution is -2.28. The van der Waals surface area contributed by atoms with E-state index in [1.807, 2.05) is 0 Å². The van der Waals surface area contributed by atoms with Crippen molar-refractivity contribution in [3.63, 3.8) is 0 Å². The van der Waals surface area contributed by atoms with Crippen LogP contribution in [0.3, 0.4) is 0 Å². The maximum atomic E-state index is 3.78. The summed E-state index contributed by atoms with van der Waals surface area (Å²) in [5.74, 6) is 3.05. The molecule has 0 spiro atoms. The standard InChI is InChI=1S/C19H29N/c1-3-4-15-5-8-17(9-6-15)14(2)20-13-19-12-16-7-10-18(19)11-16/h5-6,8-9,14,16,18-20H,3-4,7,10-13H2,1-2H3. The predicted molar refractivity (Wildman–Crippen MR) is 85.8 cm³/mol. The number of nitrogens with one attached hydrogen (secondary N) is 1. The molecule has 4 unspecified atom stereocenters. The maximum Gasteiger partial charge on any atom is 0.0291 e. The van der Waals surface area contributed by atoms with E-state index in [1.165, 1.54) is 56.2 Å². The molecule has 2 fully saturated rings. The molecule has 2 aliphatic rings. The van der Waals surface area contributed by atoms with E-state index < -0.39 is 0 Å². The van der Waals surface area contributed by atoms with Gasteiger partial charge in [0.05, 0.1) is 0 Å². The van der Waals surface area contributed by atoms with Crippen LogP contribution in [0.25, 0.3) is 0 Å². The third-order valence-corrected chi connectivity index (χ3v) is 5.59. The van der Waals surface area contributed by atoms with Crippen LogP contribution in [-0.2, 0) is 6.42 Å². The molecule has 0 saturated heterocycles. The Morgan fingerprint density at radius 3 is 2.55 bits per heavy atom. The smallest absolute Gasteiger partial charge is 0.0291 e. The van der Waals surface area contributed by atoms with Crippen molar-refractivity contribution in [1.29, 1.82) is 0 Å². The normalized spacial score (nSPS) is 29.8. The van der Waals surface area contributed by atoms with E-state index in [0.29, 0.717) is 6.04 Å². The summed E-state index contributed by atoms with van der Waals surface area (Å²) in [6, 6.07) is 9.71. The quantitative estimate of drug-likeness (QED) is 0.789. The number of aryl methyl sites for hydroxylation is 1. The minimum absolute atomic E-state index is 0.491. The lowest BCUT2D eigenvalue weighted by Gasteiger charge is -2.24. The van der Waals surface area contributed by atoms with Gasteiger partial charge in [0.25, 0.3) is 0 Å². The van der Waals surface area contributed by atoms with Crippen LogP contribution < -0.4 is 5.32 Å². The van der Waals surface area contributed by atoms with Crippen molar-refractivity contribution in [2.24, 2.45) is 17.8 Å². The molecule has 110 valence electrons. The first kappa shape index (κ1) is 14.1. The van der Waals surface area contributed by atoms with Gasteiger partial charge in [0.1, 0.15) is 0 Å². The van der Waals surface area contributed by atoms with Crippen molar-refractivity contribution in [3.8, 4) is 0 Å². The van der Waals surface area contributed by atoms with E-state index in [1.54, 1.807) is 0 Å². The summed E-state index contributed by atoms with van der Waals surface area (Å²) in [6.45, 7) is 5.77. The molecular weight excluding hydrogens is 242 g/mol. The Balaban J connectivity index is 1.50. The molecule has 2 bridgehead atoms. The van der Waals surface area contributed by atoms with Crippen molar-refractivity contribution in [2.45, 2.75) is 58.4 Å². The van der Waals surface area contributed by atoms with Crippen molar-refractivity contribution < 1.29 is 0 Å². The zero-order valence-electron chi connectivity index (χ0n) is 13.1. The summed E-state index contributed by atoms with van der Waals surface area (Å²) in [4.78, 5) is 0. The largest absolute Gasteiger partial charge is 0.310 e. The number of fused-ring (bicyclic) bond motifs is 2. The Morgan fingerprint density at radius 2 is 1.95 bits per heavy atom. The van der Waals surface area contributed by atoms with Gasteiger partial charge in [-0.3, -0.25) is 0 Å². The van der Waals surface area contributed by atoms with Crippen LogP contribution in [0.4, 0.5) is 0 Å². The van der Waals surface area contributed by atoms with E-state index in [4.69, 9.17) is 0 Å². The fraction of sp³-hybridized carbons (Fsp3) is 0.684. The van der Waals surface area contributed by atoms with Crippen LogP contribution in [-0.4, -0.2) is 6.54 Å². The number of rotatable bonds is 6. The zero-order chi connectivity index (χ0) is 13.9. The highest BCUT2D eigenvalue weighted by atomic mass is 14.9. The lowest BCUT2D eigenvalue weighted by molar-refractivity contribution is 0.309. The predicted octanol–water partition coefficient (Wildman–Crippen LogP) is 4.73. The summed E-state index contributed by atoms with van der Waals surface area (Å²) in [6.07, 6.45) is 8.45. The molecule has 0 amide bonds. The monoisotopic (exact) mass is 271 g/mol. The lowest BCUT2D eigenvalue weighted by atomic mass is 9.88.